The summed E-state index contributed by atoms with van der Waals surface area (Å²) in [5.41, 5.74) is 1.72. The van der Waals surface area contributed by atoms with Gasteiger partial charge >= 0.3 is 5.97 Å². The topological polar surface area (TPSA) is 81.2 Å². The zero-order valence-corrected chi connectivity index (χ0v) is 15.8. The average molecular weight is 422 g/mol. The summed E-state index contributed by atoms with van der Waals surface area (Å²) in [5.74, 6) is -1.69. The fourth-order valence-electron chi connectivity index (χ4n) is 2.46. The monoisotopic (exact) mass is 421 g/mol. The van der Waals surface area contributed by atoms with Gasteiger partial charge < -0.3 is 10.1 Å². The number of fused-ring (bicyclic) bond motifs is 2. The van der Waals surface area contributed by atoms with E-state index in [1.54, 1.807) is 18.2 Å². The van der Waals surface area contributed by atoms with E-state index in [0.29, 0.717) is 26.8 Å². The smallest absolute Gasteiger partial charge is 0.350 e. The lowest BCUT2D eigenvalue weighted by molar-refractivity contribution is -0.119. The van der Waals surface area contributed by atoms with E-state index in [-0.39, 0.29) is 9.90 Å². The van der Waals surface area contributed by atoms with E-state index < -0.39 is 24.3 Å². The maximum absolute atomic E-state index is 13.3. The SMILES string of the molecule is O=C(COC(=O)c1sc2cc(F)ccc2c1Cl)Nc1cccc2nsnc12. The van der Waals surface area contributed by atoms with Crippen molar-refractivity contribution in [2.45, 2.75) is 0 Å². The number of halogens is 2. The lowest BCUT2D eigenvalue weighted by Gasteiger charge is -2.06. The summed E-state index contributed by atoms with van der Waals surface area (Å²) in [7, 11) is 0. The highest BCUT2D eigenvalue weighted by atomic mass is 35.5. The number of nitrogens with one attached hydrogen (secondary N) is 1. The minimum Gasteiger partial charge on any atom is -0.451 e. The highest BCUT2D eigenvalue weighted by Gasteiger charge is 2.20. The molecule has 0 fully saturated rings. The molecule has 0 unspecified atom stereocenters. The predicted molar refractivity (Wildman–Crippen MR) is 103 cm³/mol. The predicted octanol–water partition coefficient (Wildman–Crippen LogP) is 4.49. The molecule has 2 aromatic carbocycles. The van der Waals surface area contributed by atoms with E-state index in [0.717, 1.165) is 23.1 Å². The van der Waals surface area contributed by atoms with Gasteiger partial charge in [-0.1, -0.05) is 17.7 Å². The second-order valence-electron chi connectivity index (χ2n) is 5.45. The number of thiophene rings is 1. The third-order valence-electron chi connectivity index (χ3n) is 3.67. The van der Waals surface area contributed by atoms with Gasteiger partial charge in [-0.2, -0.15) is 8.75 Å². The second-order valence-corrected chi connectivity index (χ2v) is 7.41. The highest BCUT2D eigenvalue weighted by molar-refractivity contribution is 7.21. The van der Waals surface area contributed by atoms with E-state index in [9.17, 15) is 14.0 Å². The van der Waals surface area contributed by atoms with E-state index in [2.05, 4.69) is 14.1 Å². The molecule has 0 radical (unpaired) electrons. The second kappa shape index (κ2) is 7.18. The molecule has 2 aromatic heterocycles. The van der Waals surface area contributed by atoms with Gasteiger partial charge in [-0.05, 0) is 30.3 Å². The van der Waals surface area contributed by atoms with Crippen LogP contribution in [0.4, 0.5) is 10.1 Å². The maximum Gasteiger partial charge on any atom is 0.350 e. The van der Waals surface area contributed by atoms with Gasteiger partial charge in [-0.15, -0.1) is 11.3 Å². The van der Waals surface area contributed by atoms with Crippen LogP contribution in [0.2, 0.25) is 5.02 Å². The van der Waals surface area contributed by atoms with Crippen molar-refractivity contribution in [1.82, 2.24) is 8.75 Å². The number of carbonyl (C=O) groups excluding carboxylic acids is 2. The average Bonchev–Trinajstić information content (AvgIpc) is 3.25. The fourth-order valence-corrected chi connectivity index (χ4v) is 4.44. The Morgan fingerprint density at radius 1 is 1.22 bits per heavy atom. The number of rotatable bonds is 4. The molecule has 10 heteroatoms. The fraction of sp³-hybridized carbons (Fsp3) is 0.0588. The summed E-state index contributed by atoms with van der Waals surface area (Å²) in [6, 6.07) is 9.24. The molecule has 0 aliphatic carbocycles. The van der Waals surface area contributed by atoms with E-state index in [4.69, 9.17) is 16.3 Å². The lowest BCUT2D eigenvalue weighted by Crippen LogP contribution is -2.20. The Kier molecular flexibility index (Phi) is 4.73. The Balaban J connectivity index is 1.45. The number of nitrogens with zero attached hydrogens (tertiary/aromatic N) is 2. The van der Waals surface area contributed by atoms with Crippen LogP contribution in [-0.2, 0) is 9.53 Å². The van der Waals surface area contributed by atoms with Gasteiger partial charge in [0.05, 0.1) is 22.4 Å². The van der Waals surface area contributed by atoms with Gasteiger partial charge in [0.2, 0.25) is 0 Å². The first-order valence-electron chi connectivity index (χ1n) is 7.59. The molecule has 0 saturated heterocycles. The van der Waals surface area contributed by atoms with Crippen molar-refractivity contribution in [3.8, 4) is 0 Å². The third-order valence-corrected chi connectivity index (χ3v) is 5.85. The molecule has 136 valence electrons. The summed E-state index contributed by atoms with van der Waals surface area (Å²) in [4.78, 5) is 24.5. The Hall–Kier alpha value is -2.62. The molecular formula is C17H9ClFN3O3S2. The van der Waals surface area contributed by atoms with Gasteiger partial charge in [0.25, 0.3) is 5.91 Å². The van der Waals surface area contributed by atoms with Crippen LogP contribution in [0.1, 0.15) is 9.67 Å². The molecular weight excluding hydrogens is 413 g/mol. The van der Waals surface area contributed by atoms with Gasteiger partial charge in [-0.25, -0.2) is 9.18 Å². The number of esters is 1. The van der Waals surface area contributed by atoms with Crippen LogP contribution in [0.15, 0.2) is 36.4 Å². The third kappa shape index (κ3) is 3.48. The van der Waals surface area contributed by atoms with Crippen molar-refractivity contribution in [1.29, 1.82) is 0 Å². The zero-order chi connectivity index (χ0) is 19.0. The van der Waals surface area contributed by atoms with Crippen LogP contribution in [-0.4, -0.2) is 27.2 Å². The molecule has 6 nitrogen and oxygen atoms in total. The molecule has 0 aliphatic rings. The first kappa shape index (κ1) is 17.8. The van der Waals surface area contributed by atoms with Crippen molar-refractivity contribution in [2.24, 2.45) is 0 Å². The van der Waals surface area contributed by atoms with Crippen molar-refractivity contribution in [2.75, 3.05) is 11.9 Å². The van der Waals surface area contributed by atoms with Gasteiger partial charge in [0.1, 0.15) is 21.7 Å². The number of hydrogen-bond acceptors (Lipinski definition) is 7. The number of hydrogen-bond donors (Lipinski definition) is 1. The van der Waals surface area contributed by atoms with E-state index >= 15 is 0 Å². The molecule has 4 aromatic rings. The molecule has 0 atom stereocenters. The largest absolute Gasteiger partial charge is 0.451 e. The summed E-state index contributed by atoms with van der Waals surface area (Å²) >= 11 is 8.22. The van der Waals surface area contributed by atoms with Crippen LogP contribution in [0.25, 0.3) is 21.1 Å². The standard InChI is InChI=1S/C17H9ClFN3O3S2/c18-14-9-5-4-8(19)6-12(9)26-16(14)17(24)25-7-13(23)20-10-2-1-3-11-15(10)22-27-21-11/h1-6H,7H2,(H,20,23). The Bertz CT molecular complexity index is 1190. The van der Waals surface area contributed by atoms with Crippen LogP contribution >= 0.6 is 34.7 Å². The van der Waals surface area contributed by atoms with Crippen molar-refractivity contribution < 1.29 is 18.7 Å². The number of anilines is 1. The van der Waals surface area contributed by atoms with Gasteiger partial charge in [-0.3, -0.25) is 4.79 Å². The van der Waals surface area contributed by atoms with Crippen LogP contribution in [0.5, 0.6) is 0 Å². The number of benzene rings is 2. The molecule has 1 amide bonds. The van der Waals surface area contributed by atoms with Gasteiger partial charge in [0.15, 0.2) is 6.61 Å². The Labute approximate surface area is 164 Å². The lowest BCUT2D eigenvalue weighted by atomic mass is 10.2. The Morgan fingerprint density at radius 2 is 2.07 bits per heavy atom. The molecule has 0 bridgehead atoms. The van der Waals surface area contributed by atoms with Gasteiger partial charge in [0, 0.05) is 10.1 Å². The summed E-state index contributed by atoms with van der Waals surface area (Å²) < 4.78 is 27.1. The Morgan fingerprint density at radius 3 is 2.93 bits per heavy atom. The normalized spacial score (nSPS) is 11.0. The number of amides is 1. The molecule has 0 spiro atoms. The van der Waals surface area contributed by atoms with E-state index in [1.165, 1.54) is 18.2 Å². The summed E-state index contributed by atoms with van der Waals surface area (Å²) in [6.07, 6.45) is 0. The summed E-state index contributed by atoms with van der Waals surface area (Å²) in [6.45, 7) is -0.494. The molecule has 0 saturated carbocycles. The number of aromatic nitrogens is 2. The number of carbonyl (C=O) groups is 2. The van der Waals surface area contributed by atoms with Crippen molar-refractivity contribution in [3.05, 3.63) is 52.1 Å². The van der Waals surface area contributed by atoms with E-state index in [1.807, 2.05) is 0 Å². The number of ether oxygens (including phenoxy) is 1. The quantitative estimate of drug-likeness (QED) is 0.491. The zero-order valence-electron chi connectivity index (χ0n) is 13.4. The molecule has 1 N–H and O–H groups in total. The summed E-state index contributed by atoms with van der Waals surface area (Å²) in [5, 5.41) is 3.37. The first-order chi connectivity index (χ1) is 13.0. The minimum atomic E-state index is -0.745. The molecule has 4 rings (SSSR count). The minimum absolute atomic E-state index is 0.121. The first-order valence-corrected chi connectivity index (χ1v) is 9.51. The molecule has 0 aliphatic heterocycles. The maximum atomic E-state index is 13.3. The van der Waals surface area contributed by atoms with Crippen LogP contribution in [0, 0.1) is 5.82 Å². The highest BCUT2D eigenvalue weighted by Crippen LogP contribution is 2.36. The molecule has 27 heavy (non-hydrogen) atoms. The van der Waals surface area contributed by atoms with Crippen LogP contribution in [0.3, 0.4) is 0 Å². The molecule has 2 heterocycles. The van der Waals surface area contributed by atoms with Crippen molar-refractivity contribution >= 4 is 73.3 Å². The van der Waals surface area contributed by atoms with Crippen molar-refractivity contribution in [3.63, 3.8) is 0 Å². The van der Waals surface area contributed by atoms with Crippen LogP contribution < -0.4 is 5.32 Å².